The minimum atomic E-state index is -1.17. The van der Waals surface area contributed by atoms with Gasteiger partial charge in [0.05, 0.1) is 11.9 Å². The second kappa shape index (κ2) is 5.51. The van der Waals surface area contributed by atoms with Gasteiger partial charge in [-0.1, -0.05) is 0 Å². The number of pyridine rings is 1. The van der Waals surface area contributed by atoms with Gasteiger partial charge in [0.2, 0.25) is 5.91 Å². The zero-order valence-electron chi connectivity index (χ0n) is 9.47. The van der Waals surface area contributed by atoms with Gasteiger partial charge in [0, 0.05) is 6.54 Å². The molecule has 1 aliphatic rings. The van der Waals surface area contributed by atoms with Crippen molar-refractivity contribution in [2.45, 2.75) is 18.9 Å². The van der Waals surface area contributed by atoms with E-state index in [4.69, 9.17) is 5.11 Å². The first kappa shape index (κ1) is 13.1. The predicted octanol–water partition coefficient (Wildman–Crippen LogP) is 1.45. The molecule has 0 radical (unpaired) electrons. The summed E-state index contributed by atoms with van der Waals surface area (Å²) in [5, 5.41) is 10.9. The summed E-state index contributed by atoms with van der Waals surface area (Å²) in [6.45, 7) is 0.596. The highest BCUT2D eigenvalue weighted by atomic mass is 127. The molecule has 0 aliphatic carbocycles. The van der Waals surface area contributed by atoms with Crippen molar-refractivity contribution in [3.63, 3.8) is 0 Å². The average Bonchev–Trinajstić information content (AvgIpc) is 2.33. The zero-order valence-corrected chi connectivity index (χ0v) is 11.6. The maximum Gasteiger partial charge on any atom is 0.405 e. The summed E-state index contributed by atoms with van der Waals surface area (Å²) in [6.07, 6.45) is 1.77. The Morgan fingerprint density at radius 3 is 2.94 bits per heavy atom. The highest BCUT2D eigenvalue weighted by Crippen LogP contribution is 2.20. The number of carbonyl (C=O) groups excluding carboxylic acids is 1. The first-order chi connectivity index (χ1) is 8.58. The number of carbonyl (C=O) groups is 2. The molecular weight excluding hydrogens is 349 g/mol. The van der Waals surface area contributed by atoms with Crippen molar-refractivity contribution in [3.8, 4) is 0 Å². The molecule has 1 aromatic rings. The van der Waals surface area contributed by atoms with Gasteiger partial charge >= 0.3 is 6.09 Å². The quantitative estimate of drug-likeness (QED) is 0.617. The summed E-state index contributed by atoms with van der Waals surface area (Å²) in [5.74, 6) is -0.216. The molecule has 1 fully saturated rings. The fraction of sp³-hybridized carbons (Fsp3) is 0.364. The van der Waals surface area contributed by atoms with E-state index in [1.54, 1.807) is 11.1 Å². The molecule has 18 heavy (non-hydrogen) atoms. The Morgan fingerprint density at radius 2 is 2.33 bits per heavy atom. The number of halogens is 1. The SMILES string of the molecule is O=C(O)NC1CCCN(c2ccc(I)nc2)C1=O. The van der Waals surface area contributed by atoms with E-state index in [1.807, 2.05) is 12.1 Å². The molecule has 0 aromatic carbocycles. The van der Waals surface area contributed by atoms with Crippen LogP contribution in [0.3, 0.4) is 0 Å². The van der Waals surface area contributed by atoms with E-state index in [9.17, 15) is 9.59 Å². The minimum absolute atomic E-state index is 0.216. The standard InChI is InChI=1S/C11H12IN3O3/c12-9-4-3-7(6-13-9)15-5-1-2-8(10(15)16)14-11(17)18/h3-4,6,8,14H,1-2,5H2,(H,17,18). The third-order valence-corrected chi connectivity index (χ3v) is 3.40. The average molecular weight is 361 g/mol. The molecule has 1 saturated heterocycles. The molecule has 0 saturated carbocycles. The first-order valence-corrected chi connectivity index (χ1v) is 6.58. The normalized spacial score (nSPS) is 19.7. The second-order valence-corrected chi connectivity index (χ2v) is 5.08. The highest BCUT2D eigenvalue weighted by Gasteiger charge is 2.30. The predicted molar refractivity (Wildman–Crippen MR) is 73.5 cm³/mol. The summed E-state index contributed by atoms with van der Waals surface area (Å²) < 4.78 is 0.848. The van der Waals surface area contributed by atoms with Crippen LogP contribution in [-0.4, -0.2) is 34.7 Å². The Morgan fingerprint density at radius 1 is 1.56 bits per heavy atom. The summed E-state index contributed by atoms with van der Waals surface area (Å²) >= 11 is 2.09. The van der Waals surface area contributed by atoms with Gasteiger partial charge in [0.15, 0.2) is 0 Å². The molecule has 96 valence electrons. The molecule has 1 aliphatic heterocycles. The summed E-state index contributed by atoms with van der Waals surface area (Å²) in [5.41, 5.74) is 0.706. The number of amides is 2. The topological polar surface area (TPSA) is 82.5 Å². The number of hydrogen-bond donors (Lipinski definition) is 2. The van der Waals surface area contributed by atoms with Crippen molar-refractivity contribution >= 4 is 40.3 Å². The summed E-state index contributed by atoms with van der Waals surface area (Å²) in [6, 6.07) is 2.98. The van der Waals surface area contributed by atoms with Gasteiger partial charge in [-0.3, -0.25) is 4.79 Å². The van der Waals surface area contributed by atoms with Crippen LogP contribution in [0, 0.1) is 3.70 Å². The fourth-order valence-corrected chi connectivity index (χ4v) is 2.26. The van der Waals surface area contributed by atoms with E-state index < -0.39 is 12.1 Å². The Hall–Kier alpha value is -1.38. The lowest BCUT2D eigenvalue weighted by molar-refractivity contribution is -0.121. The first-order valence-electron chi connectivity index (χ1n) is 5.50. The molecule has 1 aromatic heterocycles. The van der Waals surface area contributed by atoms with Crippen molar-refractivity contribution < 1.29 is 14.7 Å². The van der Waals surface area contributed by atoms with Crippen LogP contribution in [-0.2, 0) is 4.79 Å². The Bertz CT molecular complexity index is 463. The van der Waals surface area contributed by atoms with Crippen molar-refractivity contribution in [1.29, 1.82) is 0 Å². The van der Waals surface area contributed by atoms with E-state index in [2.05, 4.69) is 32.9 Å². The number of anilines is 1. The maximum absolute atomic E-state index is 12.1. The van der Waals surface area contributed by atoms with Crippen LogP contribution in [0.4, 0.5) is 10.5 Å². The molecular formula is C11H12IN3O3. The van der Waals surface area contributed by atoms with Crippen LogP contribution < -0.4 is 10.2 Å². The number of nitrogens with zero attached hydrogens (tertiary/aromatic N) is 2. The molecule has 6 nitrogen and oxygen atoms in total. The molecule has 2 amide bonds. The second-order valence-electron chi connectivity index (χ2n) is 3.97. The van der Waals surface area contributed by atoms with Crippen LogP contribution in [0.15, 0.2) is 18.3 Å². The fourth-order valence-electron chi connectivity index (χ4n) is 1.94. The van der Waals surface area contributed by atoms with Crippen LogP contribution in [0.25, 0.3) is 0 Å². The zero-order chi connectivity index (χ0) is 13.1. The lowest BCUT2D eigenvalue weighted by Gasteiger charge is -2.31. The van der Waals surface area contributed by atoms with Crippen molar-refractivity contribution in [1.82, 2.24) is 10.3 Å². The van der Waals surface area contributed by atoms with Crippen LogP contribution in [0.1, 0.15) is 12.8 Å². The van der Waals surface area contributed by atoms with Gasteiger partial charge in [-0.05, 0) is 47.6 Å². The smallest absolute Gasteiger partial charge is 0.405 e. The third-order valence-electron chi connectivity index (χ3n) is 2.76. The number of aromatic nitrogens is 1. The number of carboxylic acid groups (broad SMARTS) is 1. The van der Waals surface area contributed by atoms with Crippen molar-refractivity contribution in [3.05, 3.63) is 22.0 Å². The van der Waals surface area contributed by atoms with E-state index >= 15 is 0 Å². The Balaban J connectivity index is 2.15. The molecule has 2 rings (SSSR count). The third kappa shape index (κ3) is 2.89. The van der Waals surface area contributed by atoms with Gasteiger partial charge in [-0.15, -0.1) is 0 Å². The lowest BCUT2D eigenvalue weighted by Crippen LogP contribution is -2.52. The van der Waals surface area contributed by atoms with Gasteiger partial charge in [-0.2, -0.15) is 0 Å². The Labute approximate surface area is 118 Å². The Kier molecular flexibility index (Phi) is 4.00. The lowest BCUT2D eigenvalue weighted by atomic mass is 10.0. The number of rotatable bonds is 2. The number of hydrogen-bond acceptors (Lipinski definition) is 3. The monoisotopic (exact) mass is 361 g/mol. The number of nitrogens with one attached hydrogen (secondary N) is 1. The molecule has 0 bridgehead atoms. The van der Waals surface area contributed by atoms with E-state index in [-0.39, 0.29) is 5.91 Å². The molecule has 0 spiro atoms. The van der Waals surface area contributed by atoms with Crippen LogP contribution >= 0.6 is 22.6 Å². The molecule has 2 heterocycles. The molecule has 7 heteroatoms. The van der Waals surface area contributed by atoms with E-state index in [0.717, 1.165) is 10.1 Å². The highest BCUT2D eigenvalue weighted by molar-refractivity contribution is 14.1. The van der Waals surface area contributed by atoms with E-state index in [1.165, 1.54) is 0 Å². The minimum Gasteiger partial charge on any atom is -0.465 e. The summed E-state index contributed by atoms with van der Waals surface area (Å²) in [4.78, 5) is 28.4. The van der Waals surface area contributed by atoms with Gasteiger partial charge < -0.3 is 15.3 Å². The van der Waals surface area contributed by atoms with Crippen LogP contribution in [0.2, 0.25) is 0 Å². The van der Waals surface area contributed by atoms with Crippen LogP contribution in [0.5, 0.6) is 0 Å². The van der Waals surface area contributed by atoms with Gasteiger partial charge in [-0.25, -0.2) is 9.78 Å². The van der Waals surface area contributed by atoms with Crippen molar-refractivity contribution in [2.24, 2.45) is 0 Å². The largest absolute Gasteiger partial charge is 0.465 e. The van der Waals surface area contributed by atoms with Gasteiger partial charge in [0.1, 0.15) is 9.74 Å². The number of piperidine rings is 1. The molecule has 2 N–H and O–H groups in total. The molecule has 1 atom stereocenters. The van der Waals surface area contributed by atoms with Gasteiger partial charge in [0.25, 0.3) is 0 Å². The molecule has 1 unspecified atom stereocenters. The maximum atomic E-state index is 12.1. The van der Waals surface area contributed by atoms with Crippen molar-refractivity contribution in [2.75, 3.05) is 11.4 Å². The van der Waals surface area contributed by atoms with E-state index in [0.29, 0.717) is 18.7 Å². The summed E-state index contributed by atoms with van der Waals surface area (Å²) in [7, 11) is 0.